The first kappa shape index (κ1) is 16.1. The minimum Gasteiger partial charge on any atom is -0.772 e. The maximum absolute atomic E-state index is 12.7. The van der Waals surface area contributed by atoms with Crippen molar-refractivity contribution in [1.82, 2.24) is 0 Å². The standard InChI is InChI=1S/C17H16O4S2/c1-17(2)16(18)14(13-7-8-22-9-13)15(21-17)12-5-3-11(4-6-12)10-23(19)20/h3-9H,10H2,1-2H3,(H,19,20)/p-1. The number of thiophene rings is 1. The molecule has 0 saturated heterocycles. The van der Waals surface area contributed by atoms with E-state index in [-0.39, 0.29) is 11.5 Å². The van der Waals surface area contributed by atoms with Crippen molar-refractivity contribution < 1.29 is 18.3 Å². The van der Waals surface area contributed by atoms with Gasteiger partial charge in [-0.1, -0.05) is 35.3 Å². The highest BCUT2D eigenvalue weighted by molar-refractivity contribution is 7.78. The molecule has 0 saturated carbocycles. The number of rotatable bonds is 4. The first-order valence-corrected chi connectivity index (χ1v) is 9.23. The number of carbonyl (C=O) groups excluding carboxylic acids is 1. The third-order valence-corrected chi connectivity index (χ3v) is 4.92. The Balaban J connectivity index is 2.04. The summed E-state index contributed by atoms with van der Waals surface area (Å²) in [6, 6.07) is 8.96. The van der Waals surface area contributed by atoms with Gasteiger partial charge in [0.15, 0.2) is 5.60 Å². The Hall–Kier alpha value is -1.76. The van der Waals surface area contributed by atoms with Crippen LogP contribution >= 0.6 is 11.3 Å². The second-order valence-electron chi connectivity index (χ2n) is 5.80. The van der Waals surface area contributed by atoms with Crippen molar-refractivity contribution in [1.29, 1.82) is 0 Å². The zero-order valence-corrected chi connectivity index (χ0v) is 14.3. The predicted molar refractivity (Wildman–Crippen MR) is 90.4 cm³/mol. The van der Waals surface area contributed by atoms with Crippen molar-refractivity contribution in [2.45, 2.75) is 25.2 Å². The number of hydrogen-bond acceptors (Lipinski definition) is 5. The van der Waals surface area contributed by atoms with Crippen LogP contribution in [0, 0.1) is 0 Å². The van der Waals surface area contributed by atoms with E-state index in [1.165, 1.54) is 11.3 Å². The Bertz CT molecular complexity index is 787. The fourth-order valence-corrected chi connectivity index (χ4v) is 3.63. The summed E-state index contributed by atoms with van der Waals surface area (Å²) < 4.78 is 27.5. The lowest BCUT2D eigenvalue weighted by Crippen LogP contribution is -2.29. The van der Waals surface area contributed by atoms with Crippen molar-refractivity contribution in [3.05, 3.63) is 57.8 Å². The molecule has 3 rings (SSSR count). The molecule has 1 aromatic heterocycles. The van der Waals surface area contributed by atoms with Crippen LogP contribution in [0.4, 0.5) is 0 Å². The molecule has 0 aliphatic carbocycles. The maximum atomic E-state index is 12.7. The molecule has 0 radical (unpaired) electrons. The van der Waals surface area contributed by atoms with Crippen LogP contribution < -0.4 is 0 Å². The molecule has 1 unspecified atom stereocenters. The summed E-state index contributed by atoms with van der Waals surface area (Å²) in [5.74, 6) is 0.478. The van der Waals surface area contributed by atoms with Gasteiger partial charge in [-0.3, -0.25) is 9.00 Å². The molecular formula is C17H15O4S2-. The molecule has 0 N–H and O–H groups in total. The van der Waals surface area contributed by atoms with E-state index in [1.807, 2.05) is 16.8 Å². The van der Waals surface area contributed by atoms with Crippen LogP contribution in [-0.2, 0) is 26.4 Å². The summed E-state index contributed by atoms with van der Waals surface area (Å²) >= 11 is -0.596. The van der Waals surface area contributed by atoms with Crippen LogP contribution in [0.1, 0.15) is 30.5 Å². The molecule has 0 bridgehead atoms. The Morgan fingerprint density at radius 2 is 1.87 bits per heavy atom. The molecule has 0 spiro atoms. The Labute approximate surface area is 141 Å². The van der Waals surface area contributed by atoms with Crippen molar-refractivity contribution in [3.8, 4) is 0 Å². The van der Waals surface area contributed by atoms with Gasteiger partial charge in [-0.25, -0.2) is 0 Å². The average Bonchev–Trinajstić information content (AvgIpc) is 3.07. The average molecular weight is 347 g/mol. The number of benzene rings is 1. The topological polar surface area (TPSA) is 66.4 Å². The van der Waals surface area contributed by atoms with Gasteiger partial charge in [0.25, 0.3) is 0 Å². The van der Waals surface area contributed by atoms with E-state index in [9.17, 15) is 13.6 Å². The molecule has 1 aromatic carbocycles. The predicted octanol–water partition coefficient (Wildman–Crippen LogP) is 3.37. The zero-order chi connectivity index (χ0) is 16.6. The highest BCUT2D eigenvalue weighted by Gasteiger charge is 2.42. The minimum absolute atomic E-state index is 0.0258. The third kappa shape index (κ3) is 3.15. The lowest BCUT2D eigenvalue weighted by molar-refractivity contribution is -0.125. The molecule has 120 valence electrons. The van der Waals surface area contributed by atoms with Crippen molar-refractivity contribution >= 4 is 39.5 Å². The van der Waals surface area contributed by atoms with Crippen LogP contribution in [-0.4, -0.2) is 20.1 Å². The van der Waals surface area contributed by atoms with Gasteiger partial charge in [0.2, 0.25) is 5.78 Å². The summed E-state index contributed by atoms with van der Waals surface area (Å²) in [7, 11) is 0. The van der Waals surface area contributed by atoms with Crippen molar-refractivity contribution in [3.63, 3.8) is 0 Å². The first-order chi connectivity index (χ1) is 10.9. The van der Waals surface area contributed by atoms with Crippen molar-refractivity contribution in [2.24, 2.45) is 0 Å². The van der Waals surface area contributed by atoms with Gasteiger partial charge < -0.3 is 9.29 Å². The number of hydrogen-bond donors (Lipinski definition) is 0. The second-order valence-corrected chi connectivity index (χ2v) is 7.48. The van der Waals surface area contributed by atoms with E-state index >= 15 is 0 Å². The molecule has 0 fully saturated rings. The molecule has 1 aliphatic rings. The summed E-state index contributed by atoms with van der Waals surface area (Å²) in [5, 5.41) is 3.85. The fourth-order valence-electron chi connectivity index (χ4n) is 2.52. The molecular weight excluding hydrogens is 332 g/mol. The van der Waals surface area contributed by atoms with Crippen LogP contribution in [0.5, 0.6) is 0 Å². The molecule has 2 heterocycles. The van der Waals surface area contributed by atoms with Crippen LogP contribution in [0.2, 0.25) is 0 Å². The van der Waals surface area contributed by atoms with E-state index in [2.05, 4.69) is 0 Å². The summed E-state index contributed by atoms with van der Waals surface area (Å²) in [6.07, 6.45) is 0. The summed E-state index contributed by atoms with van der Waals surface area (Å²) in [4.78, 5) is 12.7. The summed E-state index contributed by atoms with van der Waals surface area (Å²) in [6.45, 7) is 3.51. The quantitative estimate of drug-likeness (QED) is 0.795. The van der Waals surface area contributed by atoms with E-state index in [0.29, 0.717) is 16.9 Å². The highest BCUT2D eigenvalue weighted by atomic mass is 32.2. The van der Waals surface area contributed by atoms with Gasteiger partial charge in [0.05, 0.1) is 5.57 Å². The molecule has 2 aromatic rings. The molecule has 4 nitrogen and oxygen atoms in total. The first-order valence-electron chi connectivity index (χ1n) is 7.04. The van der Waals surface area contributed by atoms with E-state index in [0.717, 1.165) is 11.1 Å². The second kappa shape index (κ2) is 6.03. The highest BCUT2D eigenvalue weighted by Crippen LogP contribution is 2.41. The largest absolute Gasteiger partial charge is 0.772 e. The van der Waals surface area contributed by atoms with Gasteiger partial charge in [-0.15, -0.1) is 0 Å². The minimum atomic E-state index is -2.12. The fraction of sp³-hybridized carbons (Fsp3) is 0.235. The van der Waals surface area contributed by atoms with Crippen LogP contribution in [0.3, 0.4) is 0 Å². The lowest BCUT2D eigenvalue weighted by atomic mass is 9.94. The zero-order valence-electron chi connectivity index (χ0n) is 12.7. The van der Waals surface area contributed by atoms with Gasteiger partial charge in [-0.05, 0) is 41.8 Å². The smallest absolute Gasteiger partial charge is 0.210 e. The normalized spacial score (nSPS) is 18.1. The molecule has 23 heavy (non-hydrogen) atoms. The summed E-state index contributed by atoms with van der Waals surface area (Å²) in [5.41, 5.74) is 2.00. The Kier molecular flexibility index (Phi) is 4.23. The third-order valence-electron chi connectivity index (χ3n) is 3.67. The maximum Gasteiger partial charge on any atom is 0.210 e. The number of Topliss-reactive ketones (excluding diaryl/α,β-unsaturated/α-hetero) is 1. The number of ether oxygens (including phenoxy) is 1. The van der Waals surface area contributed by atoms with E-state index in [1.54, 1.807) is 38.1 Å². The number of carbonyl (C=O) groups is 1. The van der Waals surface area contributed by atoms with Gasteiger partial charge >= 0.3 is 0 Å². The SMILES string of the molecule is CC1(C)OC(c2ccc(CS(=O)[O-])cc2)=C(c2ccsc2)C1=O. The molecule has 6 heteroatoms. The van der Waals surface area contributed by atoms with E-state index < -0.39 is 16.7 Å². The van der Waals surface area contributed by atoms with Gasteiger partial charge in [-0.2, -0.15) is 11.3 Å². The molecule has 1 atom stereocenters. The molecule has 1 aliphatic heterocycles. The monoisotopic (exact) mass is 347 g/mol. The lowest BCUT2D eigenvalue weighted by Gasteiger charge is -2.18. The van der Waals surface area contributed by atoms with Crippen LogP contribution in [0.25, 0.3) is 11.3 Å². The Morgan fingerprint density at radius 1 is 1.17 bits per heavy atom. The van der Waals surface area contributed by atoms with E-state index in [4.69, 9.17) is 4.74 Å². The number of ketones is 1. The Morgan fingerprint density at radius 3 is 2.43 bits per heavy atom. The van der Waals surface area contributed by atoms with Gasteiger partial charge in [0.1, 0.15) is 5.76 Å². The molecule has 0 amide bonds. The van der Waals surface area contributed by atoms with Crippen molar-refractivity contribution in [2.75, 3.05) is 0 Å². The van der Waals surface area contributed by atoms with Crippen LogP contribution in [0.15, 0.2) is 41.1 Å². The van der Waals surface area contributed by atoms with Gasteiger partial charge in [0, 0.05) is 11.3 Å².